The van der Waals surface area contributed by atoms with Crippen LogP contribution in [0.3, 0.4) is 0 Å². The SMILES string of the molecule is Cc1cc(N(Cc2ccco2)C2CC2)c(C(C)N)cc1F. The van der Waals surface area contributed by atoms with Crippen LogP contribution < -0.4 is 10.6 Å². The maximum absolute atomic E-state index is 13.9. The molecule has 3 rings (SSSR count). The number of nitrogens with zero attached hydrogens (tertiary/aromatic N) is 1. The van der Waals surface area contributed by atoms with Gasteiger partial charge in [0.15, 0.2) is 0 Å². The van der Waals surface area contributed by atoms with Crippen molar-refractivity contribution in [1.29, 1.82) is 0 Å². The van der Waals surface area contributed by atoms with Crippen LogP contribution >= 0.6 is 0 Å². The first-order valence-electron chi connectivity index (χ1n) is 7.41. The van der Waals surface area contributed by atoms with Gasteiger partial charge in [0.05, 0.1) is 12.8 Å². The Kier molecular flexibility index (Phi) is 3.72. The van der Waals surface area contributed by atoms with Gasteiger partial charge in [-0.25, -0.2) is 4.39 Å². The molecule has 0 bridgehead atoms. The third-order valence-electron chi connectivity index (χ3n) is 4.00. The lowest BCUT2D eigenvalue weighted by atomic mass is 10.0. The predicted molar refractivity (Wildman–Crippen MR) is 81.7 cm³/mol. The topological polar surface area (TPSA) is 42.4 Å². The van der Waals surface area contributed by atoms with Gasteiger partial charge in [-0.15, -0.1) is 0 Å². The van der Waals surface area contributed by atoms with E-state index in [-0.39, 0.29) is 11.9 Å². The number of furan rings is 1. The molecular formula is C17H21FN2O. The van der Waals surface area contributed by atoms with Crippen LogP contribution in [0.2, 0.25) is 0 Å². The van der Waals surface area contributed by atoms with Crippen LogP contribution in [-0.4, -0.2) is 6.04 Å². The van der Waals surface area contributed by atoms with Gasteiger partial charge < -0.3 is 15.1 Å². The maximum Gasteiger partial charge on any atom is 0.126 e. The molecule has 1 aromatic heterocycles. The van der Waals surface area contributed by atoms with Crippen LogP contribution in [-0.2, 0) is 6.54 Å². The molecule has 1 aliphatic carbocycles. The Morgan fingerprint density at radius 1 is 1.43 bits per heavy atom. The molecule has 1 fully saturated rings. The summed E-state index contributed by atoms with van der Waals surface area (Å²) in [5.41, 5.74) is 8.59. The van der Waals surface area contributed by atoms with Gasteiger partial charge in [0, 0.05) is 17.8 Å². The fourth-order valence-corrected chi connectivity index (χ4v) is 2.66. The van der Waals surface area contributed by atoms with Gasteiger partial charge in [-0.05, 0) is 62.1 Å². The van der Waals surface area contributed by atoms with Crippen LogP contribution in [0.25, 0.3) is 0 Å². The van der Waals surface area contributed by atoms with Gasteiger partial charge in [-0.1, -0.05) is 0 Å². The number of rotatable bonds is 5. The number of nitrogens with two attached hydrogens (primary N) is 1. The summed E-state index contributed by atoms with van der Waals surface area (Å²) in [4.78, 5) is 2.30. The summed E-state index contributed by atoms with van der Waals surface area (Å²) < 4.78 is 19.4. The highest BCUT2D eigenvalue weighted by Crippen LogP contribution is 2.37. The van der Waals surface area contributed by atoms with Crippen molar-refractivity contribution in [2.75, 3.05) is 4.90 Å². The molecule has 112 valence electrons. The van der Waals surface area contributed by atoms with E-state index in [1.165, 1.54) is 0 Å². The summed E-state index contributed by atoms with van der Waals surface area (Å²) >= 11 is 0. The normalized spacial score (nSPS) is 16.0. The van der Waals surface area contributed by atoms with Crippen molar-refractivity contribution >= 4 is 5.69 Å². The Morgan fingerprint density at radius 3 is 2.76 bits per heavy atom. The Hall–Kier alpha value is -1.81. The summed E-state index contributed by atoms with van der Waals surface area (Å²) in [5, 5.41) is 0. The van der Waals surface area contributed by atoms with E-state index in [1.54, 1.807) is 19.3 Å². The summed E-state index contributed by atoms with van der Waals surface area (Å²) in [6.45, 7) is 4.38. The standard InChI is InChI=1S/C17H21FN2O/c1-11-8-17(15(12(2)19)9-16(11)18)20(13-5-6-13)10-14-4-3-7-21-14/h3-4,7-9,12-13H,5-6,10,19H2,1-2H3. The van der Waals surface area contributed by atoms with E-state index in [1.807, 2.05) is 25.1 Å². The van der Waals surface area contributed by atoms with Gasteiger partial charge in [0.25, 0.3) is 0 Å². The average molecular weight is 288 g/mol. The second kappa shape index (κ2) is 5.53. The average Bonchev–Trinajstić information content (AvgIpc) is 3.15. The van der Waals surface area contributed by atoms with Crippen molar-refractivity contribution in [2.45, 2.75) is 45.3 Å². The second-order valence-electron chi connectivity index (χ2n) is 5.89. The molecule has 0 radical (unpaired) electrons. The molecule has 1 heterocycles. The van der Waals surface area contributed by atoms with Crippen LogP contribution in [0.4, 0.5) is 10.1 Å². The number of halogens is 1. The highest BCUT2D eigenvalue weighted by molar-refractivity contribution is 5.58. The Labute approximate surface area is 124 Å². The van der Waals surface area contributed by atoms with Gasteiger partial charge in [0.2, 0.25) is 0 Å². The lowest BCUT2D eigenvalue weighted by molar-refractivity contribution is 0.500. The van der Waals surface area contributed by atoms with Crippen LogP contribution in [0.15, 0.2) is 34.9 Å². The Bertz CT molecular complexity index is 618. The molecule has 0 saturated heterocycles. The third kappa shape index (κ3) is 2.95. The molecule has 1 unspecified atom stereocenters. The molecule has 1 aromatic carbocycles. The van der Waals surface area contributed by atoms with Gasteiger partial charge >= 0.3 is 0 Å². The highest BCUT2D eigenvalue weighted by Gasteiger charge is 2.31. The zero-order valence-corrected chi connectivity index (χ0v) is 12.5. The van der Waals surface area contributed by atoms with Crippen LogP contribution in [0, 0.1) is 12.7 Å². The third-order valence-corrected chi connectivity index (χ3v) is 4.00. The summed E-state index contributed by atoms with van der Waals surface area (Å²) in [6, 6.07) is 7.65. The predicted octanol–water partition coefficient (Wildman–Crippen LogP) is 3.92. The summed E-state index contributed by atoms with van der Waals surface area (Å²) in [7, 11) is 0. The van der Waals surface area contributed by atoms with E-state index in [0.29, 0.717) is 18.2 Å². The van der Waals surface area contributed by atoms with E-state index >= 15 is 0 Å². The van der Waals surface area contributed by atoms with E-state index in [0.717, 1.165) is 29.9 Å². The molecule has 1 saturated carbocycles. The fraction of sp³-hybridized carbons (Fsp3) is 0.412. The lowest BCUT2D eigenvalue weighted by Crippen LogP contribution is -2.27. The second-order valence-corrected chi connectivity index (χ2v) is 5.89. The highest BCUT2D eigenvalue weighted by atomic mass is 19.1. The Balaban J connectivity index is 2.00. The largest absolute Gasteiger partial charge is 0.467 e. The monoisotopic (exact) mass is 288 g/mol. The Morgan fingerprint density at radius 2 is 2.19 bits per heavy atom. The first-order valence-corrected chi connectivity index (χ1v) is 7.41. The molecule has 0 amide bonds. The number of hydrogen-bond acceptors (Lipinski definition) is 3. The molecule has 21 heavy (non-hydrogen) atoms. The molecular weight excluding hydrogens is 267 g/mol. The van der Waals surface area contributed by atoms with Gasteiger partial charge in [0.1, 0.15) is 11.6 Å². The van der Waals surface area contributed by atoms with E-state index in [4.69, 9.17) is 10.2 Å². The molecule has 1 atom stereocenters. The zero-order chi connectivity index (χ0) is 15.0. The minimum Gasteiger partial charge on any atom is -0.467 e. The van der Waals surface area contributed by atoms with Crippen molar-refractivity contribution in [1.82, 2.24) is 0 Å². The van der Waals surface area contributed by atoms with Crippen molar-refractivity contribution in [3.05, 3.63) is 53.2 Å². The van der Waals surface area contributed by atoms with E-state index in [2.05, 4.69) is 4.90 Å². The van der Waals surface area contributed by atoms with E-state index in [9.17, 15) is 4.39 Å². The lowest BCUT2D eigenvalue weighted by Gasteiger charge is -2.28. The number of benzene rings is 1. The van der Waals surface area contributed by atoms with Crippen molar-refractivity contribution in [3.8, 4) is 0 Å². The zero-order valence-electron chi connectivity index (χ0n) is 12.5. The molecule has 0 aliphatic heterocycles. The minimum absolute atomic E-state index is 0.195. The first-order chi connectivity index (χ1) is 10.1. The number of hydrogen-bond donors (Lipinski definition) is 1. The molecule has 1 aliphatic rings. The molecule has 3 nitrogen and oxygen atoms in total. The number of anilines is 1. The fourth-order valence-electron chi connectivity index (χ4n) is 2.66. The van der Waals surface area contributed by atoms with Crippen molar-refractivity contribution in [2.24, 2.45) is 5.73 Å². The van der Waals surface area contributed by atoms with Crippen molar-refractivity contribution in [3.63, 3.8) is 0 Å². The van der Waals surface area contributed by atoms with Gasteiger partial charge in [-0.2, -0.15) is 0 Å². The molecule has 4 heteroatoms. The van der Waals surface area contributed by atoms with E-state index < -0.39 is 0 Å². The smallest absolute Gasteiger partial charge is 0.126 e. The van der Waals surface area contributed by atoms with Gasteiger partial charge in [-0.3, -0.25) is 0 Å². The van der Waals surface area contributed by atoms with Crippen LogP contribution in [0.1, 0.15) is 42.7 Å². The maximum atomic E-state index is 13.9. The van der Waals surface area contributed by atoms with Crippen molar-refractivity contribution < 1.29 is 8.81 Å². The summed E-state index contributed by atoms with van der Waals surface area (Å²) in [5.74, 6) is 0.722. The summed E-state index contributed by atoms with van der Waals surface area (Å²) in [6.07, 6.45) is 4.01. The first kappa shape index (κ1) is 14.1. The quantitative estimate of drug-likeness (QED) is 0.907. The number of aryl methyl sites for hydroxylation is 1. The molecule has 2 N–H and O–H groups in total. The molecule has 2 aromatic rings. The minimum atomic E-state index is -0.201. The molecule has 0 spiro atoms. The van der Waals surface area contributed by atoms with Crippen LogP contribution in [0.5, 0.6) is 0 Å².